The number of hydrogen-bond donors (Lipinski definition) is 0. The van der Waals surface area contributed by atoms with Gasteiger partial charge in [-0.25, -0.2) is 4.98 Å². The van der Waals surface area contributed by atoms with Gasteiger partial charge in [-0.05, 0) is 37.2 Å². The zero-order chi connectivity index (χ0) is 15.4. The first-order valence-corrected chi connectivity index (χ1v) is 7.67. The Kier molecular flexibility index (Phi) is 4.71. The van der Waals surface area contributed by atoms with E-state index in [9.17, 15) is 0 Å². The lowest BCUT2D eigenvalue weighted by molar-refractivity contribution is 0.207. The summed E-state index contributed by atoms with van der Waals surface area (Å²) in [6.45, 7) is 2.02. The fourth-order valence-electron chi connectivity index (χ4n) is 2.47. The van der Waals surface area contributed by atoms with E-state index < -0.39 is 0 Å². The van der Waals surface area contributed by atoms with Crippen molar-refractivity contribution in [1.29, 1.82) is 0 Å². The van der Waals surface area contributed by atoms with Crippen LogP contribution < -0.4 is 4.74 Å². The van der Waals surface area contributed by atoms with E-state index in [0.717, 1.165) is 36.4 Å². The monoisotopic (exact) mass is 315 g/mol. The number of halogens is 1. The predicted molar refractivity (Wildman–Crippen MR) is 88.9 cm³/mol. The van der Waals surface area contributed by atoms with E-state index in [0.29, 0.717) is 5.15 Å². The van der Waals surface area contributed by atoms with Crippen LogP contribution in [0, 0.1) is 0 Å². The van der Waals surface area contributed by atoms with Crippen molar-refractivity contribution in [1.82, 2.24) is 14.9 Å². The number of ether oxygens (including phenoxy) is 1. The summed E-state index contributed by atoms with van der Waals surface area (Å²) < 4.78 is 5.99. The lowest BCUT2D eigenvalue weighted by Gasteiger charge is -2.14. The van der Waals surface area contributed by atoms with Crippen molar-refractivity contribution in [3.8, 4) is 5.75 Å². The van der Waals surface area contributed by atoms with Crippen LogP contribution in [0.2, 0.25) is 5.15 Å². The SMILES string of the molecule is CN1CC[C@@H](Oc2cnc(Cl)c(/C=C/c3ccncc3)c2)C1. The first-order chi connectivity index (χ1) is 10.7. The van der Waals surface area contributed by atoms with Crippen molar-refractivity contribution in [2.45, 2.75) is 12.5 Å². The largest absolute Gasteiger partial charge is 0.487 e. The standard InChI is InChI=1S/C17H18ClN3O/c1-21-9-6-15(12-21)22-16-10-14(17(18)20-11-16)3-2-13-4-7-19-8-5-13/h2-5,7-8,10-11,15H,6,9,12H2,1H3/b3-2+/t15-/m1/s1. The van der Waals surface area contributed by atoms with E-state index in [2.05, 4.69) is 21.9 Å². The first kappa shape index (κ1) is 15.0. The minimum absolute atomic E-state index is 0.227. The second kappa shape index (κ2) is 6.90. The highest BCUT2D eigenvalue weighted by molar-refractivity contribution is 6.31. The maximum atomic E-state index is 6.16. The molecule has 0 aromatic carbocycles. The minimum Gasteiger partial charge on any atom is -0.487 e. The Bertz CT molecular complexity index is 660. The molecule has 1 aliphatic heterocycles. The van der Waals surface area contributed by atoms with Crippen LogP contribution >= 0.6 is 11.6 Å². The molecule has 1 saturated heterocycles. The molecule has 0 N–H and O–H groups in total. The average Bonchev–Trinajstić information content (AvgIpc) is 2.94. The van der Waals surface area contributed by atoms with Crippen LogP contribution in [0.25, 0.3) is 12.2 Å². The Morgan fingerprint density at radius 3 is 2.86 bits per heavy atom. The van der Waals surface area contributed by atoms with E-state index in [-0.39, 0.29) is 6.10 Å². The summed E-state index contributed by atoms with van der Waals surface area (Å²) in [5, 5.41) is 0.473. The Labute approximate surface area is 135 Å². The molecule has 0 amide bonds. The maximum absolute atomic E-state index is 6.16. The van der Waals surface area contributed by atoms with Crippen LogP contribution in [0.15, 0.2) is 36.8 Å². The molecule has 1 atom stereocenters. The number of rotatable bonds is 4. The summed E-state index contributed by atoms with van der Waals surface area (Å²) in [6.07, 6.45) is 10.4. The molecular weight excluding hydrogens is 298 g/mol. The van der Waals surface area contributed by atoms with Crippen LogP contribution in [0.4, 0.5) is 0 Å². The molecule has 22 heavy (non-hydrogen) atoms. The van der Waals surface area contributed by atoms with Crippen molar-refractivity contribution in [2.24, 2.45) is 0 Å². The maximum Gasteiger partial charge on any atom is 0.138 e. The van der Waals surface area contributed by atoms with Crippen molar-refractivity contribution < 1.29 is 4.74 Å². The van der Waals surface area contributed by atoms with Crippen LogP contribution in [0.1, 0.15) is 17.5 Å². The zero-order valence-corrected chi connectivity index (χ0v) is 13.2. The van der Waals surface area contributed by atoms with Crippen molar-refractivity contribution in [3.05, 3.63) is 53.1 Å². The second-order valence-electron chi connectivity index (χ2n) is 5.46. The van der Waals surface area contributed by atoms with Gasteiger partial charge in [-0.3, -0.25) is 4.98 Å². The van der Waals surface area contributed by atoms with Gasteiger partial charge < -0.3 is 9.64 Å². The molecule has 1 aliphatic rings. The number of hydrogen-bond acceptors (Lipinski definition) is 4. The molecule has 0 unspecified atom stereocenters. The topological polar surface area (TPSA) is 38.2 Å². The molecule has 5 heteroatoms. The first-order valence-electron chi connectivity index (χ1n) is 7.29. The van der Waals surface area contributed by atoms with Crippen molar-refractivity contribution in [2.75, 3.05) is 20.1 Å². The molecule has 4 nitrogen and oxygen atoms in total. The van der Waals surface area contributed by atoms with Gasteiger partial charge in [0.25, 0.3) is 0 Å². The lowest BCUT2D eigenvalue weighted by Crippen LogP contribution is -2.21. The summed E-state index contributed by atoms with van der Waals surface area (Å²) >= 11 is 6.16. The molecule has 3 heterocycles. The summed E-state index contributed by atoms with van der Waals surface area (Å²) in [7, 11) is 2.10. The van der Waals surface area contributed by atoms with Gasteiger partial charge in [0.05, 0.1) is 6.20 Å². The molecule has 1 fully saturated rings. The number of likely N-dealkylation sites (N-methyl/N-ethyl adjacent to an activating group) is 1. The zero-order valence-electron chi connectivity index (χ0n) is 12.4. The fourth-order valence-corrected chi connectivity index (χ4v) is 2.64. The molecule has 0 spiro atoms. The van der Waals surface area contributed by atoms with Crippen LogP contribution in [0.3, 0.4) is 0 Å². The third-order valence-corrected chi connectivity index (χ3v) is 3.97. The quantitative estimate of drug-likeness (QED) is 0.811. The highest BCUT2D eigenvalue weighted by Crippen LogP contribution is 2.23. The van der Waals surface area contributed by atoms with Gasteiger partial charge in [-0.2, -0.15) is 0 Å². The van der Waals surface area contributed by atoms with Gasteiger partial charge in [0.2, 0.25) is 0 Å². The van der Waals surface area contributed by atoms with Gasteiger partial charge >= 0.3 is 0 Å². The third kappa shape index (κ3) is 3.84. The molecule has 2 aromatic rings. The molecule has 3 rings (SSSR count). The Balaban J connectivity index is 1.74. The van der Waals surface area contributed by atoms with Crippen LogP contribution in [0.5, 0.6) is 5.75 Å². The lowest BCUT2D eigenvalue weighted by atomic mass is 10.2. The van der Waals surface area contributed by atoms with Crippen molar-refractivity contribution in [3.63, 3.8) is 0 Å². The third-order valence-electron chi connectivity index (χ3n) is 3.65. The van der Waals surface area contributed by atoms with Crippen molar-refractivity contribution >= 4 is 23.8 Å². The Morgan fingerprint density at radius 1 is 1.32 bits per heavy atom. The van der Waals surface area contributed by atoms with Gasteiger partial charge in [0.1, 0.15) is 17.0 Å². The Morgan fingerprint density at radius 2 is 2.14 bits per heavy atom. The van der Waals surface area contributed by atoms with Gasteiger partial charge in [0, 0.05) is 31.0 Å². The van der Waals surface area contributed by atoms with E-state index in [1.54, 1.807) is 18.6 Å². The second-order valence-corrected chi connectivity index (χ2v) is 5.81. The number of pyridine rings is 2. The summed E-state index contributed by atoms with van der Waals surface area (Å²) in [4.78, 5) is 10.5. The van der Waals surface area contributed by atoms with Crippen LogP contribution in [-0.4, -0.2) is 41.1 Å². The average molecular weight is 316 g/mol. The molecule has 2 aromatic heterocycles. The van der Waals surface area contributed by atoms with E-state index in [1.807, 2.05) is 30.4 Å². The number of nitrogens with zero attached hydrogens (tertiary/aromatic N) is 3. The summed E-state index contributed by atoms with van der Waals surface area (Å²) in [6, 6.07) is 5.81. The highest BCUT2D eigenvalue weighted by Gasteiger charge is 2.21. The molecule has 0 aliphatic carbocycles. The normalized spacial score (nSPS) is 18.9. The van der Waals surface area contributed by atoms with E-state index in [1.165, 1.54) is 0 Å². The van der Waals surface area contributed by atoms with Crippen LogP contribution in [-0.2, 0) is 0 Å². The summed E-state index contributed by atoms with van der Waals surface area (Å²) in [5.41, 5.74) is 1.91. The highest BCUT2D eigenvalue weighted by atomic mass is 35.5. The van der Waals surface area contributed by atoms with E-state index in [4.69, 9.17) is 16.3 Å². The fraction of sp³-hybridized carbons (Fsp3) is 0.294. The molecule has 0 saturated carbocycles. The molecule has 0 radical (unpaired) electrons. The summed E-state index contributed by atoms with van der Waals surface area (Å²) in [5.74, 6) is 0.763. The number of likely N-dealkylation sites (tertiary alicyclic amines) is 1. The smallest absolute Gasteiger partial charge is 0.138 e. The van der Waals surface area contributed by atoms with Gasteiger partial charge in [-0.15, -0.1) is 0 Å². The van der Waals surface area contributed by atoms with E-state index >= 15 is 0 Å². The Hall–Kier alpha value is -1.91. The van der Waals surface area contributed by atoms with Gasteiger partial charge in [0.15, 0.2) is 0 Å². The van der Waals surface area contributed by atoms with Gasteiger partial charge in [-0.1, -0.05) is 23.8 Å². The molecular formula is C17H18ClN3O. The molecule has 114 valence electrons. The number of aromatic nitrogens is 2. The predicted octanol–water partition coefficient (Wildman–Crippen LogP) is 3.38. The molecule has 0 bridgehead atoms. The minimum atomic E-state index is 0.227.